The van der Waals surface area contributed by atoms with Crippen molar-refractivity contribution >= 4 is 11.3 Å². The molecule has 0 aliphatic heterocycles. The molecule has 3 aromatic rings. The van der Waals surface area contributed by atoms with Crippen LogP contribution in [-0.4, -0.2) is 0 Å². The molecule has 0 unspecified atom stereocenters. The highest BCUT2D eigenvalue weighted by Gasteiger charge is 1.97. The van der Waals surface area contributed by atoms with Gasteiger partial charge >= 0.3 is 0 Å². The van der Waals surface area contributed by atoms with Crippen molar-refractivity contribution in [3.63, 3.8) is 0 Å². The van der Waals surface area contributed by atoms with Crippen LogP contribution < -0.4 is 0 Å². The summed E-state index contributed by atoms with van der Waals surface area (Å²) < 4.78 is 0. The molecule has 0 spiro atoms. The SMILES string of the molecule is CCCCCc1ccc(C#Cc2ccc(C#Cc3ccc(CCCCC)cc3)s2)cc1. The van der Waals surface area contributed by atoms with Gasteiger partial charge in [0.05, 0.1) is 9.75 Å². The third-order valence-corrected chi connectivity index (χ3v) is 6.23. The fourth-order valence-corrected chi connectivity index (χ4v) is 4.12. The summed E-state index contributed by atoms with van der Waals surface area (Å²) in [6.45, 7) is 4.49. The van der Waals surface area contributed by atoms with Gasteiger partial charge in [0, 0.05) is 11.1 Å². The molecule has 0 bridgehead atoms. The van der Waals surface area contributed by atoms with Crippen LogP contribution in [0.2, 0.25) is 0 Å². The summed E-state index contributed by atoms with van der Waals surface area (Å²) >= 11 is 1.66. The molecule has 0 nitrogen and oxygen atoms in total. The van der Waals surface area contributed by atoms with Crippen LogP contribution in [-0.2, 0) is 12.8 Å². The smallest absolute Gasteiger partial charge is 0.0785 e. The van der Waals surface area contributed by atoms with E-state index in [0.717, 1.165) is 33.7 Å². The molecule has 1 heteroatoms. The van der Waals surface area contributed by atoms with Crippen LogP contribution in [0, 0.1) is 23.7 Å². The van der Waals surface area contributed by atoms with Gasteiger partial charge in [0.25, 0.3) is 0 Å². The fourth-order valence-electron chi connectivity index (χ4n) is 3.41. The third kappa shape index (κ3) is 8.13. The molecule has 1 aromatic heterocycles. The predicted molar refractivity (Wildman–Crippen MR) is 136 cm³/mol. The van der Waals surface area contributed by atoms with Gasteiger partial charge < -0.3 is 0 Å². The van der Waals surface area contributed by atoms with E-state index in [9.17, 15) is 0 Å². The molecule has 0 saturated heterocycles. The van der Waals surface area contributed by atoms with Crippen LogP contribution in [0.4, 0.5) is 0 Å². The maximum atomic E-state index is 3.28. The molecular weight excluding hydrogens is 392 g/mol. The Bertz CT molecular complexity index is 958. The second kappa shape index (κ2) is 12.8. The van der Waals surface area contributed by atoms with Crippen LogP contribution in [0.15, 0.2) is 60.7 Å². The van der Waals surface area contributed by atoms with Crippen LogP contribution in [0.5, 0.6) is 0 Å². The molecule has 3 rings (SSSR count). The molecule has 2 aromatic carbocycles. The Morgan fingerprint density at radius 2 is 0.935 bits per heavy atom. The lowest BCUT2D eigenvalue weighted by atomic mass is 10.1. The number of hydrogen-bond acceptors (Lipinski definition) is 1. The molecule has 0 aliphatic carbocycles. The molecule has 0 radical (unpaired) electrons. The largest absolute Gasteiger partial charge is 0.118 e. The van der Waals surface area contributed by atoms with E-state index in [0.29, 0.717) is 0 Å². The van der Waals surface area contributed by atoms with E-state index in [1.54, 1.807) is 11.3 Å². The number of unbranched alkanes of at least 4 members (excludes halogenated alkanes) is 4. The first-order valence-corrected chi connectivity index (χ1v) is 12.4. The lowest BCUT2D eigenvalue weighted by molar-refractivity contribution is 0.717. The second-order valence-electron chi connectivity index (χ2n) is 7.97. The monoisotopic (exact) mass is 424 g/mol. The second-order valence-corrected chi connectivity index (χ2v) is 9.06. The molecule has 0 amide bonds. The topological polar surface area (TPSA) is 0 Å². The van der Waals surface area contributed by atoms with Crippen molar-refractivity contribution in [2.75, 3.05) is 0 Å². The van der Waals surface area contributed by atoms with Crippen LogP contribution in [0.3, 0.4) is 0 Å². The average molecular weight is 425 g/mol. The number of rotatable bonds is 8. The van der Waals surface area contributed by atoms with Crippen molar-refractivity contribution in [1.29, 1.82) is 0 Å². The maximum absolute atomic E-state index is 3.28. The number of benzene rings is 2. The van der Waals surface area contributed by atoms with Gasteiger partial charge in [0.15, 0.2) is 0 Å². The Morgan fingerprint density at radius 1 is 0.516 bits per heavy atom. The van der Waals surface area contributed by atoms with Gasteiger partial charge in [-0.05, 0) is 73.2 Å². The standard InChI is InChI=1S/C30H32S/c1-3-5-7-9-25-11-15-27(16-12-25)19-21-29-23-24-30(31-29)22-20-28-17-13-26(14-18-28)10-8-6-4-2/h11-18,23-24H,3-10H2,1-2H3. The van der Waals surface area contributed by atoms with Crippen molar-refractivity contribution in [1.82, 2.24) is 0 Å². The Balaban J connectivity index is 1.56. The van der Waals surface area contributed by atoms with Crippen molar-refractivity contribution in [3.8, 4) is 23.7 Å². The first kappa shape index (κ1) is 22.9. The Kier molecular flexibility index (Phi) is 9.50. The van der Waals surface area contributed by atoms with Crippen LogP contribution in [0.1, 0.15) is 84.4 Å². The van der Waals surface area contributed by atoms with Gasteiger partial charge in [0.2, 0.25) is 0 Å². The summed E-state index contributed by atoms with van der Waals surface area (Å²) in [5.74, 6) is 13.1. The molecule has 0 aliphatic rings. The Labute approximate surface area is 192 Å². The summed E-state index contributed by atoms with van der Waals surface area (Å²) in [5, 5.41) is 0. The molecule has 0 fully saturated rings. The highest BCUT2D eigenvalue weighted by atomic mass is 32.1. The van der Waals surface area contributed by atoms with Gasteiger partial charge in [-0.15, -0.1) is 11.3 Å². The molecule has 158 valence electrons. The summed E-state index contributed by atoms with van der Waals surface area (Å²) in [5.41, 5.74) is 4.95. The lowest BCUT2D eigenvalue weighted by Gasteiger charge is -2.00. The van der Waals surface area contributed by atoms with Gasteiger partial charge in [-0.3, -0.25) is 0 Å². The number of aryl methyl sites for hydroxylation is 2. The first-order valence-electron chi connectivity index (χ1n) is 11.6. The fraction of sp³-hybridized carbons (Fsp3) is 0.333. The van der Waals surface area contributed by atoms with Gasteiger partial charge in [-0.1, -0.05) is 87.5 Å². The first-order chi connectivity index (χ1) is 15.3. The van der Waals surface area contributed by atoms with E-state index in [-0.39, 0.29) is 0 Å². The van der Waals surface area contributed by atoms with Crippen LogP contribution in [0.25, 0.3) is 0 Å². The van der Waals surface area contributed by atoms with Gasteiger partial charge in [-0.25, -0.2) is 0 Å². The third-order valence-electron chi connectivity index (χ3n) is 5.31. The molecule has 1 heterocycles. The van der Waals surface area contributed by atoms with Crippen molar-refractivity contribution in [2.24, 2.45) is 0 Å². The van der Waals surface area contributed by atoms with Crippen molar-refractivity contribution in [2.45, 2.75) is 65.2 Å². The highest BCUT2D eigenvalue weighted by molar-refractivity contribution is 7.13. The van der Waals surface area contributed by atoms with Crippen LogP contribution >= 0.6 is 11.3 Å². The molecule has 0 saturated carbocycles. The normalized spacial score (nSPS) is 10.1. The zero-order chi connectivity index (χ0) is 21.7. The molecular formula is C30H32S. The summed E-state index contributed by atoms with van der Waals surface area (Å²) in [6.07, 6.45) is 9.99. The van der Waals surface area contributed by atoms with E-state index in [1.165, 1.54) is 49.7 Å². The molecule has 0 N–H and O–H groups in total. The van der Waals surface area contributed by atoms with E-state index in [2.05, 4.69) is 98.2 Å². The average Bonchev–Trinajstić information content (AvgIpc) is 3.26. The molecule has 31 heavy (non-hydrogen) atoms. The number of thiophene rings is 1. The molecule has 0 atom stereocenters. The quantitative estimate of drug-likeness (QED) is 0.254. The predicted octanol–water partition coefficient (Wildman–Crippen LogP) is 8.01. The maximum Gasteiger partial charge on any atom is 0.0785 e. The van der Waals surface area contributed by atoms with E-state index < -0.39 is 0 Å². The minimum Gasteiger partial charge on any atom is -0.118 e. The Morgan fingerprint density at radius 3 is 1.32 bits per heavy atom. The van der Waals surface area contributed by atoms with Gasteiger partial charge in [0.1, 0.15) is 0 Å². The summed E-state index contributed by atoms with van der Waals surface area (Å²) in [7, 11) is 0. The van der Waals surface area contributed by atoms with E-state index in [1.807, 2.05) is 0 Å². The minimum atomic E-state index is 1.06. The summed E-state index contributed by atoms with van der Waals surface area (Å²) in [4.78, 5) is 2.12. The van der Waals surface area contributed by atoms with Crippen molar-refractivity contribution in [3.05, 3.63) is 92.7 Å². The Hall–Kier alpha value is -2.74. The zero-order valence-corrected chi connectivity index (χ0v) is 19.7. The minimum absolute atomic E-state index is 1.06. The van der Waals surface area contributed by atoms with Crippen molar-refractivity contribution < 1.29 is 0 Å². The lowest BCUT2D eigenvalue weighted by Crippen LogP contribution is -1.85. The zero-order valence-electron chi connectivity index (χ0n) is 18.8. The van der Waals surface area contributed by atoms with Gasteiger partial charge in [-0.2, -0.15) is 0 Å². The van der Waals surface area contributed by atoms with E-state index >= 15 is 0 Å². The number of hydrogen-bond donors (Lipinski definition) is 0. The summed E-state index contributed by atoms with van der Waals surface area (Å²) in [6, 6.07) is 21.5. The van der Waals surface area contributed by atoms with E-state index in [4.69, 9.17) is 0 Å². The highest BCUT2D eigenvalue weighted by Crippen LogP contribution is 2.15.